The van der Waals surface area contributed by atoms with Crippen molar-refractivity contribution in [3.05, 3.63) is 30.1 Å². The van der Waals surface area contributed by atoms with E-state index in [0.717, 1.165) is 26.2 Å². The third-order valence-corrected chi connectivity index (χ3v) is 4.42. The normalized spacial score (nSPS) is 22.2. The molecule has 2 rings (SSSR count). The highest BCUT2D eigenvalue weighted by molar-refractivity contribution is 7.99. The Balaban J connectivity index is 1.96. The van der Waals surface area contributed by atoms with Gasteiger partial charge in [-0.1, -0.05) is 6.07 Å². The predicted molar refractivity (Wildman–Crippen MR) is 91.9 cm³/mol. The number of carbonyl (C=O) groups is 1. The molecule has 0 saturated carbocycles. The summed E-state index contributed by atoms with van der Waals surface area (Å²) < 4.78 is 0. The lowest BCUT2D eigenvalue weighted by molar-refractivity contribution is -0.119. The smallest absolute Gasteiger partial charge is 0.230 e. The van der Waals surface area contributed by atoms with Crippen molar-refractivity contribution < 1.29 is 4.79 Å². The number of rotatable bonds is 7. The fraction of sp³-hybridized carbons (Fsp3) is 0.625. The summed E-state index contributed by atoms with van der Waals surface area (Å²) in [6, 6.07) is 4.31. The van der Waals surface area contributed by atoms with Crippen LogP contribution in [0.3, 0.4) is 0 Å². The largest absolute Gasteiger partial charge is 0.351 e. The van der Waals surface area contributed by atoms with Crippen LogP contribution in [0.25, 0.3) is 0 Å². The molecule has 0 aromatic carbocycles. The maximum atomic E-state index is 11.9. The lowest BCUT2D eigenvalue weighted by Crippen LogP contribution is -2.44. The van der Waals surface area contributed by atoms with Crippen LogP contribution in [0.15, 0.2) is 24.5 Å². The van der Waals surface area contributed by atoms with Crippen molar-refractivity contribution in [1.82, 2.24) is 20.1 Å². The van der Waals surface area contributed by atoms with E-state index >= 15 is 0 Å². The van der Waals surface area contributed by atoms with Crippen LogP contribution in [-0.2, 0) is 11.3 Å². The summed E-state index contributed by atoms with van der Waals surface area (Å²) in [5.41, 5.74) is 1.22. The molecule has 1 amide bonds. The summed E-state index contributed by atoms with van der Waals surface area (Å²) in [4.78, 5) is 20.7. The van der Waals surface area contributed by atoms with Crippen LogP contribution in [0.5, 0.6) is 0 Å². The SMILES string of the molecule is CSCC(=O)N[C@@H]1CN(Cc2cccnc2)C[C@H]1CN(C)C. The molecule has 1 aromatic heterocycles. The molecule has 1 aliphatic heterocycles. The van der Waals surface area contributed by atoms with Crippen molar-refractivity contribution in [2.75, 3.05) is 45.7 Å². The molecular weight excluding hydrogens is 296 g/mol. The summed E-state index contributed by atoms with van der Waals surface area (Å²) in [6.07, 6.45) is 5.68. The first-order chi connectivity index (χ1) is 10.6. The fourth-order valence-electron chi connectivity index (χ4n) is 3.04. The van der Waals surface area contributed by atoms with Crippen LogP contribution < -0.4 is 5.32 Å². The first-order valence-electron chi connectivity index (χ1n) is 7.62. The van der Waals surface area contributed by atoms with Gasteiger partial charge < -0.3 is 10.2 Å². The van der Waals surface area contributed by atoms with Crippen molar-refractivity contribution in [2.45, 2.75) is 12.6 Å². The average molecular weight is 322 g/mol. The fourth-order valence-corrected chi connectivity index (χ4v) is 3.38. The number of pyridine rings is 1. The minimum Gasteiger partial charge on any atom is -0.351 e. The third-order valence-electron chi connectivity index (χ3n) is 3.87. The molecule has 0 unspecified atom stereocenters. The van der Waals surface area contributed by atoms with Gasteiger partial charge in [-0.2, -0.15) is 11.8 Å². The van der Waals surface area contributed by atoms with Crippen LogP contribution in [0.4, 0.5) is 0 Å². The van der Waals surface area contributed by atoms with Crippen LogP contribution in [0.2, 0.25) is 0 Å². The van der Waals surface area contributed by atoms with Gasteiger partial charge in [0, 0.05) is 50.5 Å². The number of amides is 1. The second-order valence-electron chi connectivity index (χ2n) is 6.18. The first kappa shape index (κ1) is 17.2. The van der Waals surface area contributed by atoms with Gasteiger partial charge in [-0.3, -0.25) is 14.7 Å². The molecule has 6 heteroatoms. The highest BCUT2D eigenvalue weighted by Gasteiger charge is 2.33. The van der Waals surface area contributed by atoms with Gasteiger partial charge in [-0.25, -0.2) is 0 Å². The lowest BCUT2D eigenvalue weighted by Gasteiger charge is -2.22. The van der Waals surface area contributed by atoms with Crippen molar-refractivity contribution >= 4 is 17.7 Å². The molecule has 1 aromatic rings. The van der Waals surface area contributed by atoms with Gasteiger partial charge in [-0.05, 0) is 32.0 Å². The molecule has 5 nitrogen and oxygen atoms in total. The zero-order chi connectivity index (χ0) is 15.9. The van der Waals surface area contributed by atoms with Crippen LogP contribution in [0, 0.1) is 5.92 Å². The Morgan fingerprint density at radius 1 is 1.50 bits per heavy atom. The first-order valence-corrected chi connectivity index (χ1v) is 9.02. The molecule has 1 N–H and O–H groups in total. The van der Waals surface area contributed by atoms with Gasteiger partial charge in [-0.15, -0.1) is 0 Å². The molecule has 2 heterocycles. The highest BCUT2D eigenvalue weighted by Crippen LogP contribution is 2.20. The van der Waals surface area contributed by atoms with E-state index in [1.165, 1.54) is 5.56 Å². The Bertz CT molecular complexity index is 468. The number of nitrogens with zero attached hydrogens (tertiary/aromatic N) is 3. The molecule has 0 radical (unpaired) electrons. The van der Waals surface area contributed by atoms with Gasteiger partial charge in [0.25, 0.3) is 0 Å². The zero-order valence-electron chi connectivity index (χ0n) is 13.7. The van der Waals surface area contributed by atoms with Gasteiger partial charge in [0.05, 0.1) is 5.75 Å². The Morgan fingerprint density at radius 2 is 2.32 bits per heavy atom. The van der Waals surface area contributed by atoms with Crippen LogP contribution in [-0.4, -0.2) is 72.5 Å². The van der Waals surface area contributed by atoms with E-state index in [1.807, 2.05) is 18.5 Å². The molecule has 2 atom stereocenters. The monoisotopic (exact) mass is 322 g/mol. The summed E-state index contributed by atoms with van der Waals surface area (Å²) in [6.45, 7) is 3.81. The zero-order valence-corrected chi connectivity index (χ0v) is 14.5. The van der Waals surface area contributed by atoms with Gasteiger partial charge in [0.1, 0.15) is 0 Å². The molecule has 0 bridgehead atoms. The van der Waals surface area contributed by atoms with E-state index in [-0.39, 0.29) is 11.9 Å². The van der Waals surface area contributed by atoms with Crippen molar-refractivity contribution in [1.29, 1.82) is 0 Å². The molecule has 22 heavy (non-hydrogen) atoms. The van der Waals surface area contributed by atoms with Crippen molar-refractivity contribution in [3.8, 4) is 0 Å². The van der Waals surface area contributed by atoms with Crippen LogP contribution >= 0.6 is 11.8 Å². The maximum absolute atomic E-state index is 11.9. The minimum atomic E-state index is 0.143. The predicted octanol–water partition coefficient (Wildman–Crippen LogP) is 0.923. The number of aromatic nitrogens is 1. The van der Waals surface area contributed by atoms with E-state index in [4.69, 9.17) is 0 Å². The summed E-state index contributed by atoms with van der Waals surface area (Å²) in [7, 11) is 4.18. The standard InChI is InChI=1S/C16H26N4OS/c1-19(2)9-14-10-20(8-13-5-4-6-17-7-13)11-15(14)18-16(21)12-22-3/h4-7,14-15H,8-12H2,1-3H3,(H,18,21)/t14-,15-/m1/s1. The average Bonchev–Trinajstić information content (AvgIpc) is 2.81. The van der Waals surface area contributed by atoms with Gasteiger partial charge in [0.15, 0.2) is 0 Å². The maximum Gasteiger partial charge on any atom is 0.230 e. The summed E-state index contributed by atoms with van der Waals surface area (Å²) >= 11 is 1.57. The number of nitrogens with one attached hydrogen (secondary N) is 1. The number of hydrogen-bond donors (Lipinski definition) is 1. The number of likely N-dealkylation sites (tertiary alicyclic amines) is 1. The molecule has 1 fully saturated rings. The van der Waals surface area contributed by atoms with E-state index in [1.54, 1.807) is 18.0 Å². The molecule has 0 spiro atoms. The quantitative estimate of drug-likeness (QED) is 0.809. The molecule has 1 saturated heterocycles. The second kappa shape index (κ2) is 8.50. The van der Waals surface area contributed by atoms with E-state index in [9.17, 15) is 4.79 Å². The topological polar surface area (TPSA) is 48.5 Å². The molecule has 1 aliphatic rings. The van der Waals surface area contributed by atoms with E-state index in [0.29, 0.717) is 11.7 Å². The Kier molecular flexibility index (Phi) is 6.67. The number of carbonyl (C=O) groups excluding carboxylic acids is 1. The number of thioether (sulfide) groups is 1. The summed E-state index contributed by atoms with van der Waals surface area (Å²) in [5.74, 6) is 1.15. The Morgan fingerprint density at radius 3 is 2.95 bits per heavy atom. The Labute approximate surface area is 137 Å². The van der Waals surface area contributed by atoms with E-state index in [2.05, 4.69) is 40.3 Å². The van der Waals surface area contributed by atoms with E-state index < -0.39 is 0 Å². The molecular formula is C16H26N4OS. The number of hydrogen-bond acceptors (Lipinski definition) is 5. The van der Waals surface area contributed by atoms with Crippen molar-refractivity contribution in [2.24, 2.45) is 5.92 Å². The highest BCUT2D eigenvalue weighted by atomic mass is 32.2. The second-order valence-corrected chi connectivity index (χ2v) is 7.05. The minimum absolute atomic E-state index is 0.143. The lowest BCUT2D eigenvalue weighted by atomic mass is 10.0. The van der Waals surface area contributed by atoms with Crippen molar-refractivity contribution in [3.63, 3.8) is 0 Å². The van der Waals surface area contributed by atoms with Gasteiger partial charge >= 0.3 is 0 Å². The third kappa shape index (κ3) is 5.26. The molecule has 0 aliphatic carbocycles. The summed E-state index contributed by atoms with van der Waals surface area (Å²) in [5, 5.41) is 3.21. The molecule has 122 valence electrons. The van der Waals surface area contributed by atoms with Gasteiger partial charge in [0.2, 0.25) is 5.91 Å². The Hall–Kier alpha value is -1.11. The van der Waals surface area contributed by atoms with Crippen LogP contribution in [0.1, 0.15) is 5.56 Å².